The minimum Gasteiger partial charge on any atom is -0.507 e. The van der Waals surface area contributed by atoms with Crippen molar-refractivity contribution in [3.05, 3.63) is 75.3 Å². The van der Waals surface area contributed by atoms with Gasteiger partial charge in [0.1, 0.15) is 5.76 Å². The molecule has 3 aromatic rings. The standard InChI is InChI=1S/C24H19Cl2N3O3S2/c25-15-9-5-13(6-10-15)19-18(20(30)14-7-11-16(26)12-8-14)21(31)22(32)29(19)23-27-28-24(34-23)33-17-3-1-2-4-17/h5-12,17,19,30H,1-4H2/b20-18+. The van der Waals surface area contributed by atoms with Gasteiger partial charge in [-0.05, 0) is 54.8 Å². The van der Waals surface area contributed by atoms with Crippen molar-refractivity contribution in [1.29, 1.82) is 0 Å². The molecule has 1 saturated heterocycles. The molecule has 0 radical (unpaired) electrons. The third kappa shape index (κ3) is 4.47. The largest absolute Gasteiger partial charge is 0.507 e. The summed E-state index contributed by atoms with van der Waals surface area (Å²) >= 11 is 15.0. The van der Waals surface area contributed by atoms with E-state index in [1.54, 1.807) is 60.3 Å². The highest BCUT2D eigenvalue weighted by Crippen LogP contribution is 2.45. The molecule has 10 heteroatoms. The van der Waals surface area contributed by atoms with E-state index in [4.69, 9.17) is 23.2 Å². The summed E-state index contributed by atoms with van der Waals surface area (Å²) in [5.74, 6) is -1.82. The van der Waals surface area contributed by atoms with Crippen LogP contribution in [0.25, 0.3) is 5.76 Å². The van der Waals surface area contributed by atoms with Gasteiger partial charge < -0.3 is 5.11 Å². The van der Waals surface area contributed by atoms with Crippen molar-refractivity contribution >= 4 is 68.9 Å². The number of anilines is 1. The second kappa shape index (κ2) is 9.70. The Hall–Kier alpha value is -2.39. The number of carbonyl (C=O) groups excluding carboxylic acids is 2. The first kappa shape index (κ1) is 23.4. The molecule has 1 saturated carbocycles. The number of carbonyl (C=O) groups is 2. The van der Waals surface area contributed by atoms with Gasteiger partial charge in [-0.2, -0.15) is 0 Å². The first-order valence-electron chi connectivity index (χ1n) is 10.7. The van der Waals surface area contributed by atoms with Crippen LogP contribution in [-0.2, 0) is 9.59 Å². The average Bonchev–Trinajstić information content (AvgIpc) is 3.56. The van der Waals surface area contributed by atoms with Gasteiger partial charge in [0, 0.05) is 20.9 Å². The minimum atomic E-state index is -0.870. The van der Waals surface area contributed by atoms with Gasteiger partial charge in [-0.3, -0.25) is 14.5 Å². The second-order valence-electron chi connectivity index (χ2n) is 8.10. The zero-order chi connectivity index (χ0) is 23.8. The Morgan fingerprint density at radius 3 is 2.24 bits per heavy atom. The van der Waals surface area contributed by atoms with Gasteiger partial charge >= 0.3 is 5.91 Å². The van der Waals surface area contributed by atoms with Gasteiger partial charge in [0.05, 0.1) is 11.6 Å². The number of ketones is 1. The lowest BCUT2D eigenvalue weighted by atomic mass is 9.95. The Bertz CT molecular complexity index is 1270. The lowest BCUT2D eigenvalue weighted by Gasteiger charge is -2.22. The van der Waals surface area contributed by atoms with E-state index in [2.05, 4.69) is 10.2 Å². The number of halogens is 2. The predicted octanol–water partition coefficient (Wildman–Crippen LogP) is 6.51. The molecule has 1 unspecified atom stereocenters. The lowest BCUT2D eigenvalue weighted by molar-refractivity contribution is -0.132. The first-order valence-corrected chi connectivity index (χ1v) is 13.2. The molecular weight excluding hydrogens is 513 g/mol. The van der Waals surface area contributed by atoms with Crippen LogP contribution in [0.4, 0.5) is 5.13 Å². The van der Waals surface area contributed by atoms with E-state index in [0.29, 0.717) is 31.6 Å². The molecule has 2 aliphatic rings. The molecule has 1 atom stereocenters. The highest BCUT2D eigenvalue weighted by atomic mass is 35.5. The number of hydrogen-bond acceptors (Lipinski definition) is 7. The van der Waals surface area contributed by atoms with Crippen LogP contribution >= 0.6 is 46.3 Å². The van der Waals surface area contributed by atoms with Crippen LogP contribution in [0.3, 0.4) is 0 Å². The molecule has 1 N–H and O–H groups in total. The second-order valence-corrected chi connectivity index (χ2v) is 11.5. The summed E-state index contributed by atoms with van der Waals surface area (Å²) in [5.41, 5.74) is 0.991. The fourth-order valence-electron chi connectivity index (χ4n) is 4.25. The van der Waals surface area contributed by atoms with Crippen molar-refractivity contribution in [1.82, 2.24) is 10.2 Å². The number of amides is 1. The molecular formula is C24H19Cl2N3O3S2. The Labute approximate surface area is 214 Å². The Morgan fingerprint density at radius 2 is 1.59 bits per heavy atom. The maximum atomic E-state index is 13.2. The van der Waals surface area contributed by atoms with Crippen LogP contribution in [0.1, 0.15) is 42.9 Å². The minimum absolute atomic E-state index is 0.0187. The first-order chi connectivity index (χ1) is 16.4. The Morgan fingerprint density at radius 1 is 0.971 bits per heavy atom. The monoisotopic (exact) mass is 531 g/mol. The molecule has 5 rings (SSSR count). The van der Waals surface area contributed by atoms with Gasteiger partial charge in [0.15, 0.2) is 4.34 Å². The molecule has 1 aliphatic carbocycles. The van der Waals surface area contributed by atoms with Gasteiger partial charge in [0.25, 0.3) is 5.78 Å². The summed E-state index contributed by atoms with van der Waals surface area (Å²) in [4.78, 5) is 27.7. The van der Waals surface area contributed by atoms with Crippen molar-refractivity contribution in [2.45, 2.75) is 41.3 Å². The van der Waals surface area contributed by atoms with E-state index in [1.165, 1.54) is 29.1 Å². The normalized spacial score (nSPS) is 20.4. The number of nitrogens with zero attached hydrogens (tertiary/aromatic N) is 3. The SMILES string of the molecule is O=C1C(=O)N(c2nnc(SC3CCCC3)s2)C(c2ccc(Cl)cc2)/C1=C(\O)c1ccc(Cl)cc1. The maximum Gasteiger partial charge on any atom is 0.301 e. The summed E-state index contributed by atoms with van der Waals surface area (Å²) in [5, 5.41) is 21.5. The summed E-state index contributed by atoms with van der Waals surface area (Å²) in [6.07, 6.45) is 4.68. The van der Waals surface area contributed by atoms with Gasteiger partial charge in [0.2, 0.25) is 5.13 Å². The molecule has 34 heavy (non-hydrogen) atoms. The molecule has 2 aromatic carbocycles. The zero-order valence-corrected chi connectivity index (χ0v) is 20.9. The quantitative estimate of drug-likeness (QED) is 0.175. The smallest absolute Gasteiger partial charge is 0.301 e. The van der Waals surface area contributed by atoms with Crippen molar-refractivity contribution in [3.63, 3.8) is 0 Å². The summed E-state index contributed by atoms with van der Waals surface area (Å²) < 4.78 is 0.761. The molecule has 0 spiro atoms. The molecule has 174 valence electrons. The number of thioether (sulfide) groups is 1. The predicted molar refractivity (Wildman–Crippen MR) is 136 cm³/mol. The van der Waals surface area contributed by atoms with Crippen molar-refractivity contribution < 1.29 is 14.7 Å². The fraction of sp³-hybridized carbons (Fsp3) is 0.250. The van der Waals surface area contributed by atoms with Crippen LogP contribution in [-0.4, -0.2) is 32.2 Å². The highest BCUT2D eigenvalue weighted by Gasteiger charge is 2.48. The number of aliphatic hydroxyl groups is 1. The number of hydrogen-bond donors (Lipinski definition) is 1. The number of aromatic nitrogens is 2. The average molecular weight is 532 g/mol. The third-order valence-electron chi connectivity index (χ3n) is 5.92. The van der Waals surface area contributed by atoms with Crippen molar-refractivity contribution in [2.75, 3.05) is 4.90 Å². The number of aliphatic hydroxyl groups excluding tert-OH is 1. The summed E-state index contributed by atoms with van der Waals surface area (Å²) in [6.45, 7) is 0. The molecule has 6 nitrogen and oxygen atoms in total. The van der Waals surface area contributed by atoms with Crippen LogP contribution < -0.4 is 4.90 Å². The number of rotatable bonds is 5. The fourth-order valence-corrected chi connectivity index (χ4v) is 6.87. The van der Waals surface area contributed by atoms with Gasteiger partial charge in [-0.1, -0.05) is 71.3 Å². The lowest BCUT2D eigenvalue weighted by Crippen LogP contribution is -2.29. The maximum absolute atomic E-state index is 13.2. The van der Waals surface area contributed by atoms with E-state index in [9.17, 15) is 14.7 Å². The van der Waals surface area contributed by atoms with Crippen molar-refractivity contribution in [3.8, 4) is 0 Å². The van der Waals surface area contributed by atoms with E-state index in [0.717, 1.165) is 17.2 Å². The number of Topliss-reactive ketones (excluding diaryl/α,β-unsaturated/α-hetero) is 1. The van der Waals surface area contributed by atoms with Gasteiger partial charge in [-0.25, -0.2) is 0 Å². The summed E-state index contributed by atoms with van der Waals surface area (Å²) in [7, 11) is 0. The van der Waals surface area contributed by atoms with E-state index in [-0.39, 0.29) is 11.3 Å². The van der Waals surface area contributed by atoms with Gasteiger partial charge in [-0.15, -0.1) is 10.2 Å². The molecule has 1 aromatic heterocycles. The van der Waals surface area contributed by atoms with Crippen LogP contribution in [0.5, 0.6) is 0 Å². The van der Waals surface area contributed by atoms with E-state index < -0.39 is 17.7 Å². The van der Waals surface area contributed by atoms with Crippen LogP contribution in [0.15, 0.2) is 58.4 Å². The van der Waals surface area contributed by atoms with Crippen molar-refractivity contribution in [2.24, 2.45) is 0 Å². The molecule has 2 heterocycles. The summed E-state index contributed by atoms with van der Waals surface area (Å²) in [6, 6.07) is 12.4. The van der Waals surface area contributed by atoms with E-state index >= 15 is 0 Å². The van der Waals surface area contributed by atoms with Crippen LogP contribution in [0.2, 0.25) is 10.0 Å². The highest BCUT2D eigenvalue weighted by molar-refractivity contribution is 8.01. The zero-order valence-electron chi connectivity index (χ0n) is 17.8. The topological polar surface area (TPSA) is 83.4 Å². The third-order valence-corrected chi connectivity index (χ3v) is 8.77. The molecule has 1 amide bonds. The van der Waals surface area contributed by atoms with E-state index in [1.807, 2.05) is 0 Å². The Balaban J connectivity index is 1.59. The Kier molecular flexibility index (Phi) is 6.66. The molecule has 1 aliphatic heterocycles. The molecule has 0 bridgehead atoms. The molecule has 2 fully saturated rings. The number of benzene rings is 2. The van der Waals surface area contributed by atoms with Crippen LogP contribution in [0, 0.1) is 0 Å².